The van der Waals surface area contributed by atoms with Gasteiger partial charge in [0.1, 0.15) is 12.4 Å². The third-order valence-electron chi connectivity index (χ3n) is 5.49. The number of benzene rings is 1. The van der Waals surface area contributed by atoms with E-state index in [1.807, 2.05) is 43.3 Å². The fourth-order valence-electron chi connectivity index (χ4n) is 3.86. The maximum Gasteiger partial charge on any atom is 0.225 e. The van der Waals surface area contributed by atoms with Gasteiger partial charge in [0.2, 0.25) is 11.8 Å². The van der Waals surface area contributed by atoms with Gasteiger partial charge in [-0.2, -0.15) is 0 Å². The van der Waals surface area contributed by atoms with Gasteiger partial charge in [-0.15, -0.1) is 0 Å². The van der Waals surface area contributed by atoms with Gasteiger partial charge in [-0.1, -0.05) is 25.0 Å². The molecule has 0 spiro atoms. The standard InChI is InChI=1S/C21H31N3O3/c1-23(2)11-12-27-19-9-7-16(8-10-19)14-22-21(26)17-13-20(25)24(15-17)18-5-3-4-6-18/h7-10,17-18H,3-6,11-15H2,1-2H3,(H,22,26). The Balaban J connectivity index is 1.43. The molecule has 3 rings (SSSR count). The van der Waals surface area contributed by atoms with E-state index in [9.17, 15) is 9.59 Å². The van der Waals surface area contributed by atoms with Gasteiger partial charge in [0, 0.05) is 32.1 Å². The minimum atomic E-state index is -0.216. The molecule has 0 bridgehead atoms. The van der Waals surface area contributed by atoms with Gasteiger partial charge < -0.3 is 19.9 Å². The molecule has 1 atom stereocenters. The Kier molecular flexibility index (Phi) is 6.72. The van der Waals surface area contributed by atoms with Crippen LogP contribution in [0.4, 0.5) is 0 Å². The van der Waals surface area contributed by atoms with Crippen molar-refractivity contribution in [1.82, 2.24) is 15.1 Å². The average molecular weight is 373 g/mol. The first-order valence-corrected chi connectivity index (χ1v) is 9.96. The monoisotopic (exact) mass is 373 g/mol. The summed E-state index contributed by atoms with van der Waals surface area (Å²) in [4.78, 5) is 28.7. The predicted octanol–water partition coefficient (Wildman–Crippen LogP) is 2.03. The molecule has 1 aromatic carbocycles. The zero-order valence-corrected chi connectivity index (χ0v) is 16.4. The van der Waals surface area contributed by atoms with Gasteiger partial charge in [-0.3, -0.25) is 9.59 Å². The highest BCUT2D eigenvalue weighted by Crippen LogP contribution is 2.29. The molecule has 1 N–H and O–H groups in total. The molecular weight excluding hydrogens is 342 g/mol. The van der Waals surface area contributed by atoms with Crippen LogP contribution >= 0.6 is 0 Å². The summed E-state index contributed by atoms with van der Waals surface area (Å²) in [6, 6.07) is 8.15. The topological polar surface area (TPSA) is 61.9 Å². The molecule has 1 heterocycles. The summed E-state index contributed by atoms with van der Waals surface area (Å²) < 4.78 is 5.68. The lowest BCUT2D eigenvalue weighted by atomic mass is 10.1. The van der Waals surface area contributed by atoms with E-state index in [-0.39, 0.29) is 17.7 Å². The number of ether oxygens (including phenoxy) is 1. The average Bonchev–Trinajstić information content (AvgIpc) is 3.30. The molecule has 0 radical (unpaired) electrons. The number of amides is 2. The molecule has 1 aliphatic heterocycles. The van der Waals surface area contributed by atoms with E-state index in [0.29, 0.717) is 32.2 Å². The van der Waals surface area contributed by atoms with Crippen molar-refractivity contribution in [2.75, 3.05) is 33.8 Å². The molecule has 1 saturated heterocycles. The maximum absolute atomic E-state index is 12.5. The van der Waals surface area contributed by atoms with E-state index in [1.54, 1.807) is 0 Å². The molecule has 27 heavy (non-hydrogen) atoms. The normalized spacial score (nSPS) is 20.5. The molecule has 1 aromatic rings. The lowest BCUT2D eigenvalue weighted by Gasteiger charge is -2.23. The van der Waals surface area contributed by atoms with Crippen LogP contribution in [-0.4, -0.2) is 61.4 Å². The molecule has 6 nitrogen and oxygen atoms in total. The van der Waals surface area contributed by atoms with Crippen molar-refractivity contribution in [2.24, 2.45) is 5.92 Å². The number of likely N-dealkylation sites (tertiary alicyclic amines) is 1. The van der Waals surface area contributed by atoms with Crippen molar-refractivity contribution < 1.29 is 14.3 Å². The summed E-state index contributed by atoms with van der Waals surface area (Å²) >= 11 is 0. The van der Waals surface area contributed by atoms with Gasteiger partial charge in [-0.25, -0.2) is 0 Å². The SMILES string of the molecule is CN(C)CCOc1ccc(CNC(=O)C2CC(=O)N(C3CCCC3)C2)cc1. The predicted molar refractivity (Wildman–Crippen MR) is 104 cm³/mol. The molecule has 6 heteroatoms. The third kappa shape index (κ3) is 5.45. The molecule has 1 aliphatic carbocycles. The molecule has 1 unspecified atom stereocenters. The first-order valence-electron chi connectivity index (χ1n) is 9.96. The van der Waals surface area contributed by atoms with E-state index in [2.05, 4.69) is 10.2 Å². The molecular formula is C21H31N3O3. The van der Waals surface area contributed by atoms with E-state index in [0.717, 1.165) is 30.7 Å². The van der Waals surface area contributed by atoms with Gasteiger partial charge in [0.15, 0.2) is 0 Å². The Bertz CT molecular complexity index is 639. The van der Waals surface area contributed by atoms with Crippen molar-refractivity contribution in [3.63, 3.8) is 0 Å². The van der Waals surface area contributed by atoms with Gasteiger partial charge in [0.25, 0.3) is 0 Å². The number of nitrogens with zero attached hydrogens (tertiary/aromatic N) is 2. The number of rotatable bonds is 8. The highest BCUT2D eigenvalue weighted by atomic mass is 16.5. The van der Waals surface area contributed by atoms with E-state index in [4.69, 9.17) is 4.74 Å². The van der Waals surface area contributed by atoms with Crippen molar-refractivity contribution in [3.05, 3.63) is 29.8 Å². The lowest BCUT2D eigenvalue weighted by Crippen LogP contribution is -2.36. The summed E-state index contributed by atoms with van der Waals surface area (Å²) in [5.74, 6) is 0.740. The molecule has 2 amide bonds. The Morgan fingerprint density at radius 2 is 1.93 bits per heavy atom. The highest BCUT2D eigenvalue weighted by Gasteiger charge is 2.38. The third-order valence-corrected chi connectivity index (χ3v) is 5.49. The van der Waals surface area contributed by atoms with Crippen molar-refractivity contribution in [1.29, 1.82) is 0 Å². The van der Waals surface area contributed by atoms with Crippen LogP contribution in [0.25, 0.3) is 0 Å². The van der Waals surface area contributed by atoms with Crippen LogP contribution in [0.15, 0.2) is 24.3 Å². The van der Waals surface area contributed by atoms with Gasteiger partial charge in [0.05, 0.1) is 5.92 Å². The zero-order valence-electron chi connectivity index (χ0n) is 16.4. The minimum absolute atomic E-state index is 0.0184. The number of hydrogen-bond acceptors (Lipinski definition) is 4. The largest absolute Gasteiger partial charge is 0.492 e. The van der Waals surface area contributed by atoms with Crippen LogP contribution in [-0.2, 0) is 16.1 Å². The second-order valence-corrected chi connectivity index (χ2v) is 7.90. The van der Waals surface area contributed by atoms with Crippen LogP contribution in [0.3, 0.4) is 0 Å². The fourth-order valence-corrected chi connectivity index (χ4v) is 3.86. The summed E-state index contributed by atoms with van der Waals surface area (Å²) in [6.07, 6.45) is 4.91. The van der Waals surface area contributed by atoms with E-state index >= 15 is 0 Å². The number of hydrogen-bond donors (Lipinski definition) is 1. The Morgan fingerprint density at radius 1 is 1.22 bits per heavy atom. The molecule has 148 valence electrons. The molecule has 0 aromatic heterocycles. The van der Waals surface area contributed by atoms with E-state index < -0.39 is 0 Å². The number of carbonyl (C=O) groups is 2. The summed E-state index contributed by atoms with van der Waals surface area (Å²) in [7, 11) is 4.03. The van der Waals surface area contributed by atoms with Crippen molar-refractivity contribution in [3.8, 4) is 5.75 Å². The van der Waals surface area contributed by atoms with E-state index in [1.165, 1.54) is 12.8 Å². The summed E-state index contributed by atoms with van der Waals surface area (Å²) in [6.45, 7) is 2.57. The minimum Gasteiger partial charge on any atom is -0.492 e. The Labute approximate surface area is 161 Å². The molecule has 2 fully saturated rings. The van der Waals surface area contributed by atoms with Gasteiger partial charge >= 0.3 is 0 Å². The highest BCUT2D eigenvalue weighted by molar-refractivity contribution is 5.89. The zero-order chi connectivity index (χ0) is 19.2. The lowest BCUT2D eigenvalue weighted by molar-refractivity contribution is -0.130. The Morgan fingerprint density at radius 3 is 2.59 bits per heavy atom. The van der Waals surface area contributed by atoms with Crippen LogP contribution < -0.4 is 10.1 Å². The number of likely N-dealkylation sites (N-methyl/N-ethyl adjacent to an activating group) is 1. The number of nitrogens with one attached hydrogen (secondary N) is 1. The quantitative estimate of drug-likeness (QED) is 0.757. The van der Waals surface area contributed by atoms with Crippen LogP contribution in [0.1, 0.15) is 37.7 Å². The smallest absolute Gasteiger partial charge is 0.225 e. The summed E-state index contributed by atoms with van der Waals surface area (Å²) in [5.41, 5.74) is 1.03. The van der Waals surface area contributed by atoms with Crippen LogP contribution in [0.5, 0.6) is 5.75 Å². The van der Waals surface area contributed by atoms with Crippen molar-refractivity contribution >= 4 is 11.8 Å². The summed E-state index contributed by atoms with van der Waals surface area (Å²) in [5, 5.41) is 2.98. The number of carbonyl (C=O) groups excluding carboxylic acids is 2. The van der Waals surface area contributed by atoms with Crippen molar-refractivity contribution in [2.45, 2.75) is 44.7 Å². The van der Waals surface area contributed by atoms with Crippen LogP contribution in [0.2, 0.25) is 0 Å². The maximum atomic E-state index is 12.5. The first kappa shape index (κ1) is 19.7. The molecule has 2 aliphatic rings. The first-order chi connectivity index (χ1) is 13.0. The van der Waals surface area contributed by atoms with Gasteiger partial charge in [-0.05, 0) is 44.6 Å². The molecule has 1 saturated carbocycles. The second-order valence-electron chi connectivity index (χ2n) is 7.90. The Hall–Kier alpha value is -2.08. The second kappa shape index (κ2) is 9.22. The fraction of sp³-hybridized carbons (Fsp3) is 0.619. The van der Waals surface area contributed by atoms with Crippen LogP contribution in [0, 0.1) is 5.92 Å².